The van der Waals surface area contributed by atoms with Crippen LogP contribution >= 0.6 is 12.2 Å². The summed E-state index contributed by atoms with van der Waals surface area (Å²) in [5.74, 6) is 0.584. The highest BCUT2D eigenvalue weighted by Gasteiger charge is 2.42. The van der Waals surface area contributed by atoms with Crippen molar-refractivity contribution in [1.82, 2.24) is 19.9 Å². The van der Waals surface area contributed by atoms with Gasteiger partial charge in [0.15, 0.2) is 5.11 Å². The van der Waals surface area contributed by atoms with Crippen LogP contribution in [0.15, 0.2) is 79.3 Å². The van der Waals surface area contributed by atoms with Gasteiger partial charge in [0, 0.05) is 30.0 Å². The second-order valence-corrected chi connectivity index (χ2v) is 8.31. The lowest BCUT2D eigenvalue weighted by molar-refractivity contribution is 0.548. The molecule has 1 aliphatic rings. The SMILES string of the molecule is Cc1ccc(-n2cccc2[C@H]2[C@H](c3ccccn3)NC(=S)N2c2ccc(F)c(C)c2)nc1. The smallest absolute Gasteiger partial charge is 0.174 e. The van der Waals surface area contributed by atoms with Crippen molar-refractivity contribution >= 4 is 23.0 Å². The van der Waals surface area contributed by atoms with Crippen molar-refractivity contribution in [3.05, 3.63) is 108 Å². The first-order chi connectivity index (χ1) is 15.5. The van der Waals surface area contributed by atoms with Gasteiger partial charge < -0.3 is 14.8 Å². The standard InChI is InChI=1S/C25H22FN5S/c1-16-8-11-22(28-15-16)30-13-5-7-21(30)24-23(20-6-3-4-12-27-20)29-25(32)31(24)18-9-10-19(26)17(2)14-18/h3-15,23-24H,1-2H3,(H,29,32)/t23-,24-/m0/s1. The molecule has 0 unspecified atom stereocenters. The van der Waals surface area contributed by atoms with Gasteiger partial charge in [-0.2, -0.15) is 0 Å². The van der Waals surface area contributed by atoms with E-state index in [1.807, 2.05) is 66.7 Å². The van der Waals surface area contributed by atoms with Crippen LogP contribution in [0.4, 0.5) is 10.1 Å². The number of benzene rings is 1. The molecule has 3 aromatic heterocycles. The van der Waals surface area contributed by atoms with Crippen molar-refractivity contribution < 1.29 is 4.39 Å². The highest BCUT2D eigenvalue weighted by atomic mass is 32.1. The molecule has 1 aromatic carbocycles. The van der Waals surface area contributed by atoms with Gasteiger partial charge in [0.25, 0.3) is 0 Å². The zero-order chi connectivity index (χ0) is 22.2. The number of aromatic nitrogens is 3. The summed E-state index contributed by atoms with van der Waals surface area (Å²) >= 11 is 5.77. The number of hydrogen-bond donors (Lipinski definition) is 1. The molecule has 1 saturated heterocycles. The molecule has 0 amide bonds. The first kappa shape index (κ1) is 20.3. The Balaban J connectivity index is 1.67. The van der Waals surface area contributed by atoms with Crippen molar-refractivity contribution in [2.45, 2.75) is 25.9 Å². The summed E-state index contributed by atoms with van der Waals surface area (Å²) < 4.78 is 16.1. The van der Waals surface area contributed by atoms with Crippen LogP contribution in [0.1, 0.15) is 34.6 Å². The van der Waals surface area contributed by atoms with Gasteiger partial charge in [-0.05, 0) is 85.7 Å². The Morgan fingerprint density at radius 1 is 1.00 bits per heavy atom. The fourth-order valence-electron chi connectivity index (χ4n) is 4.16. The van der Waals surface area contributed by atoms with Crippen LogP contribution < -0.4 is 10.2 Å². The van der Waals surface area contributed by atoms with E-state index in [4.69, 9.17) is 12.2 Å². The first-order valence-corrected chi connectivity index (χ1v) is 10.8. The number of nitrogens with zero attached hydrogens (tertiary/aromatic N) is 4. The molecule has 0 saturated carbocycles. The summed E-state index contributed by atoms with van der Waals surface area (Å²) in [5, 5.41) is 4.02. The minimum absolute atomic E-state index is 0.187. The molecule has 0 bridgehead atoms. The molecule has 1 N–H and O–H groups in total. The number of rotatable bonds is 4. The van der Waals surface area contributed by atoms with E-state index < -0.39 is 0 Å². The van der Waals surface area contributed by atoms with Crippen LogP contribution in [0, 0.1) is 19.7 Å². The average Bonchev–Trinajstić information content (AvgIpc) is 3.41. The van der Waals surface area contributed by atoms with Crippen LogP contribution in [0.5, 0.6) is 0 Å². The Kier molecular flexibility index (Phi) is 5.19. The fourth-order valence-corrected chi connectivity index (χ4v) is 4.50. The van der Waals surface area contributed by atoms with Crippen LogP contribution in [-0.2, 0) is 0 Å². The first-order valence-electron chi connectivity index (χ1n) is 10.4. The molecule has 0 aliphatic carbocycles. The number of anilines is 1. The molecule has 2 atom stereocenters. The molecule has 1 fully saturated rings. The second-order valence-electron chi connectivity index (χ2n) is 7.93. The minimum Gasteiger partial charge on any atom is -0.351 e. The van der Waals surface area contributed by atoms with Gasteiger partial charge >= 0.3 is 0 Å². The van der Waals surface area contributed by atoms with E-state index in [-0.39, 0.29) is 17.9 Å². The van der Waals surface area contributed by atoms with E-state index in [0.29, 0.717) is 10.7 Å². The van der Waals surface area contributed by atoms with Gasteiger partial charge in [0.2, 0.25) is 0 Å². The maximum atomic E-state index is 14.0. The lowest BCUT2D eigenvalue weighted by Gasteiger charge is -2.29. The summed E-state index contributed by atoms with van der Waals surface area (Å²) in [6, 6.07) is 18.7. The normalized spacial score (nSPS) is 18.1. The third-order valence-corrected chi connectivity index (χ3v) is 6.06. The van der Waals surface area contributed by atoms with Gasteiger partial charge in [0.05, 0.1) is 11.7 Å². The largest absolute Gasteiger partial charge is 0.351 e. The Bertz CT molecular complexity index is 1270. The second kappa shape index (κ2) is 8.16. The summed E-state index contributed by atoms with van der Waals surface area (Å²) in [6.07, 6.45) is 5.63. The molecule has 1 aliphatic heterocycles. The summed E-state index contributed by atoms with van der Waals surface area (Å²) in [7, 11) is 0. The lowest BCUT2D eigenvalue weighted by atomic mass is 10.0. The number of halogens is 1. The third-order valence-electron chi connectivity index (χ3n) is 5.74. The summed E-state index contributed by atoms with van der Waals surface area (Å²) in [6.45, 7) is 3.78. The molecule has 160 valence electrons. The predicted molar refractivity (Wildman–Crippen MR) is 127 cm³/mol. The number of hydrogen-bond acceptors (Lipinski definition) is 3. The summed E-state index contributed by atoms with van der Waals surface area (Å²) in [5.41, 5.74) is 4.38. The van der Waals surface area contributed by atoms with Crippen LogP contribution in [0.3, 0.4) is 0 Å². The maximum absolute atomic E-state index is 14.0. The van der Waals surface area contributed by atoms with Gasteiger partial charge in [-0.15, -0.1) is 0 Å². The molecular formula is C25H22FN5S. The number of thiocarbonyl (C=S) groups is 1. The minimum atomic E-state index is -0.239. The van der Waals surface area contributed by atoms with Gasteiger partial charge in [0.1, 0.15) is 17.7 Å². The van der Waals surface area contributed by atoms with Crippen molar-refractivity contribution in [2.75, 3.05) is 4.90 Å². The molecule has 4 aromatic rings. The van der Waals surface area contributed by atoms with Crippen LogP contribution in [0.2, 0.25) is 0 Å². The molecule has 4 heterocycles. The maximum Gasteiger partial charge on any atom is 0.174 e. The number of aryl methyl sites for hydroxylation is 2. The van der Waals surface area contributed by atoms with E-state index in [1.165, 1.54) is 6.07 Å². The van der Waals surface area contributed by atoms with E-state index >= 15 is 0 Å². The lowest BCUT2D eigenvalue weighted by Crippen LogP contribution is -2.30. The Morgan fingerprint density at radius 3 is 2.59 bits per heavy atom. The van der Waals surface area contributed by atoms with E-state index in [9.17, 15) is 4.39 Å². The molecule has 7 heteroatoms. The topological polar surface area (TPSA) is 46.0 Å². The zero-order valence-electron chi connectivity index (χ0n) is 17.7. The molecule has 5 nitrogen and oxygen atoms in total. The molecule has 32 heavy (non-hydrogen) atoms. The van der Waals surface area contributed by atoms with Crippen molar-refractivity contribution in [2.24, 2.45) is 0 Å². The molecular weight excluding hydrogens is 421 g/mol. The number of pyridine rings is 2. The molecule has 0 radical (unpaired) electrons. The Labute approximate surface area is 191 Å². The van der Waals surface area contributed by atoms with Crippen molar-refractivity contribution in [1.29, 1.82) is 0 Å². The van der Waals surface area contributed by atoms with Crippen molar-refractivity contribution in [3.8, 4) is 5.82 Å². The Hall–Kier alpha value is -3.58. The van der Waals surface area contributed by atoms with Gasteiger partial charge in [-0.25, -0.2) is 9.37 Å². The summed E-state index contributed by atoms with van der Waals surface area (Å²) in [4.78, 5) is 11.3. The van der Waals surface area contributed by atoms with E-state index in [1.54, 1.807) is 19.2 Å². The van der Waals surface area contributed by atoms with Crippen LogP contribution in [-0.4, -0.2) is 19.6 Å². The monoisotopic (exact) mass is 443 g/mol. The number of nitrogens with one attached hydrogen (secondary N) is 1. The van der Waals surface area contributed by atoms with E-state index in [0.717, 1.165) is 28.5 Å². The molecule has 0 spiro atoms. The third kappa shape index (κ3) is 3.54. The van der Waals surface area contributed by atoms with E-state index in [2.05, 4.69) is 25.9 Å². The average molecular weight is 444 g/mol. The van der Waals surface area contributed by atoms with Gasteiger partial charge in [-0.3, -0.25) is 4.98 Å². The fraction of sp³-hybridized carbons (Fsp3) is 0.160. The van der Waals surface area contributed by atoms with Crippen molar-refractivity contribution in [3.63, 3.8) is 0 Å². The van der Waals surface area contributed by atoms with Gasteiger partial charge in [-0.1, -0.05) is 12.1 Å². The molecule has 5 rings (SSSR count). The highest BCUT2D eigenvalue weighted by Crippen LogP contribution is 2.42. The zero-order valence-corrected chi connectivity index (χ0v) is 18.6. The quantitative estimate of drug-likeness (QED) is 0.439. The predicted octanol–water partition coefficient (Wildman–Crippen LogP) is 5.20. The highest BCUT2D eigenvalue weighted by molar-refractivity contribution is 7.80. The Morgan fingerprint density at radius 2 is 1.88 bits per heavy atom. The van der Waals surface area contributed by atoms with Crippen LogP contribution in [0.25, 0.3) is 5.82 Å².